The molecule has 1 aromatic rings. The smallest absolute Gasteiger partial charge is 0.228 e. The number of hydrogen-bond acceptors (Lipinski definition) is 4. The number of carbonyl (C=O) groups is 2. The van der Waals surface area contributed by atoms with Crippen molar-refractivity contribution in [3.05, 3.63) is 24.3 Å². The molecule has 108 valence electrons. The number of nitrogens with one attached hydrogen (secondary N) is 1. The second-order valence-corrected chi connectivity index (χ2v) is 6.46. The average Bonchev–Trinajstić information content (AvgIpc) is 2.71. The van der Waals surface area contributed by atoms with Gasteiger partial charge in [0.05, 0.1) is 11.4 Å². The van der Waals surface area contributed by atoms with E-state index in [4.69, 9.17) is 5.14 Å². The van der Waals surface area contributed by atoms with Crippen LogP contribution in [0.1, 0.15) is 13.3 Å². The highest BCUT2D eigenvalue weighted by Crippen LogP contribution is 2.30. The molecule has 1 unspecified atom stereocenters. The van der Waals surface area contributed by atoms with Gasteiger partial charge in [0.15, 0.2) is 0 Å². The lowest BCUT2D eigenvalue weighted by Gasteiger charge is -2.20. The lowest BCUT2D eigenvalue weighted by molar-refractivity contribution is -0.117. The van der Waals surface area contributed by atoms with E-state index in [-0.39, 0.29) is 24.8 Å². The summed E-state index contributed by atoms with van der Waals surface area (Å²) in [6.07, 6.45) is -0.146. The second kappa shape index (κ2) is 5.22. The Balaban J connectivity index is 2.33. The Morgan fingerprint density at radius 3 is 2.60 bits per heavy atom. The van der Waals surface area contributed by atoms with Crippen molar-refractivity contribution in [2.45, 2.75) is 18.6 Å². The van der Waals surface area contributed by atoms with Gasteiger partial charge >= 0.3 is 0 Å². The van der Waals surface area contributed by atoms with Crippen LogP contribution in [0.25, 0.3) is 0 Å². The normalized spacial score (nSPS) is 19.2. The summed E-state index contributed by atoms with van der Waals surface area (Å²) < 4.78 is 22.7. The summed E-state index contributed by atoms with van der Waals surface area (Å²) in [5, 5.41) is 6.78. The van der Waals surface area contributed by atoms with E-state index in [1.165, 1.54) is 11.8 Å². The number of nitrogens with zero attached hydrogens (tertiary/aromatic N) is 1. The number of carbonyl (C=O) groups excluding carboxylic acids is 2. The third kappa shape index (κ3) is 2.97. The van der Waals surface area contributed by atoms with Crippen molar-refractivity contribution in [1.29, 1.82) is 0 Å². The van der Waals surface area contributed by atoms with Crippen LogP contribution >= 0.6 is 0 Å². The third-order valence-electron chi connectivity index (χ3n) is 3.06. The minimum Gasteiger partial charge on any atom is -0.325 e. The third-order valence-corrected chi connectivity index (χ3v) is 4.30. The lowest BCUT2D eigenvalue weighted by Crippen LogP contribution is -2.32. The van der Waals surface area contributed by atoms with Crippen molar-refractivity contribution in [1.82, 2.24) is 0 Å². The molecule has 1 atom stereocenters. The Bertz CT molecular complexity index is 656. The first-order chi connectivity index (χ1) is 9.29. The van der Waals surface area contributed by atoms with Crippen LogP contribution in [-0.2, 0) is 19.6 Å². The number of hydrogen-bond donors (Lipinski definition) is 2. The van der Waals surface area contributed by atoms with Gasteiger partial charge in [-0.3, -0.25) is 9.59 Å². The molecule has 0 saturated carbocycles. The molecular formula is C12H15N3O4S. The molecule has 1 fully saturated rings. The molecule has 3 N–H and O–H groups in total. The van der Waals surface area contributed by atoms with Crippen LogP contribution in [0.2, 0.25) is 0 Å². The van der Waals surface area contributed by atoms with Crippen LogP contribution < -0.4 is 15.4 Å². The van der Waals surface area contributed by atoms with Crippen molar-refractivity contribution in [2.24, 2.45) is 5.14 Å². The summed E-state index contributed by atoms with van der Waals surface area (Å²) >= 11 is 0. The van der Waals surface area contributed by atoms with E-state index in [0.29, 0.717) is 11.4 Å². The lowest BCUT2D eigenvalue weighted by atomic mass is 10.2. The number of benzene rings is 1. The van der Waals surface area contributed by atoms with Crippen LogP contribution in [-0.4, -0.2) is 32.0 Å². The molecule has 0 aliphatic carbocycles. The predicted octanol–water partition coefficient (Wildman–Crippen LogP) is 0.0388. The van der Waals surface area contributed by atoms with E-state index in [2.05, 4.69) is 5.32 Å². The molecule has 1 aliphatic heterocycles. The van der Waals surface area contributed by atoms with E-state index in [1.54, 1.807) is 24.3 Å². The minimum absolute atomic E-state index is 0.00569. The van der Waals surface area contributed by atoms with Gasteiger partial charge in [0, 0.05) is 19.9 Å². The number of sulfonamides is 1. The molecule has 0 aromatic heterocycles. The van der Waals surface area contributed by atoms with Crippen LogP contribution in [0.5, 0.6) is 0 Å². The fourth-order valence-corrected chi connectivity index (χ4v) is 2.86. The zero-order valence-electron chi connectivity index (χ0n) is 10.9. The maximum Gasteiger partial charge on any atom is 0.228 e. The van der Waals surface area contributed by atoms with Crippen molar-refractivity contribution in [3.8, 4) is 0 Å². The second-order valence-electron chi connectivity index (χ2n) is 4.62. The Hall–Kier alpha value is -1.93. The number of nitrogens with two attached hydrogens (primary N) is 1. The molecule has 2 rings (SSSR count). The first-order valence-electron chi connectivity index (χ1n) is 5.97. The molecule has 1 aliphatic rings. The van der Waals surface area contributed by atoms with Crippen molar-refractivity contribution in [2.75, 3.05) is 16.8 Å². The van der Waals surface area contributed by atoms with Crippen molar-refractivity contribution in [3.63, 3.8) is 0 Å². The topological polar surface area (TPSA) is 110 Å². The Morgan fingerprint density at radius 2 is 2.05 bits per heavy atom. The highest BCUT2D eigenvalue weighted by molar-refractivity contribution is 7.89. The number of rotatable bonds is 3. The maximum absolute atomic E-state index is 12.0. The molecule has 1 saturated heterocycles. The molecule has 1 aromatic carbocycles. The summed E-state index contributed by atoms with van der Waals surface area (Å²) in [4.78, 5) is 24.5. The summed E-state index contributed by atoms with van der Waals surface area (Å²) in [7, 11) is -3.76. The highest BCUT2D eigenvalue weighted by Gasteiger charge is 2.37. The first kappa shape index (κ1) is 14.5. The number of anilines is 2. The summed E-state index contributed by atoms with van der Waals surface area (Å²) in [6, 6.07) is 6.72. The first-order valence-corrected chi connectivity index (χ1v) is 7.58. The monoisotopic (exact) mass is 297 g/mol. The van der Waals surface area contributed by atoms with Gasteiger partial charge in [-0.05, 0) is 12.1 Å². The van der Waals surface area contributed by atoms with Crippen molar-refractivity contribution >= 4 is 33.2 Å². The van der Waals surface area contributed by atoms with Gasteiger partial charge in [-0.2, -0.15) is 0 Å². The van der Waals surface area contributed by atoms with Crippen LogP contribution in [0.15, 0.2) is 24.3 Å². The van der Waals surface area contributed by atoms with Crippen molar-refractivity contribution < 1.29 is 18.0 Å². The van der Waals surface area contributed by atoms with Crippen LogP contribution in [0, 0.1) is 0 Å². The SMILES string of the molecule is CC(=O)Nc1ccccc1N1CC(S(N)(=O)=O)CC1=O. The van der Waals surface area contributed by atoms with Gasteiger partial charge in [-0.15, -0.1) is 0 Å². The van der Waals surface area contributed by atoms with E-state index in [1.807, 2.05) is 0 Å². The summed E-state index contributed by atoms with van der Waals surface area (Å²) in [6.45, 7) is 1.35. The van der Waals surface area contributed by atoms with Gasteiger partial charge < -0.3 is 10.2 Å². The van der Waals surface area contributed by atoms with Crippen LogP contribution in [0.4, 0.5) is 11.4 Å². The predicted molar refractivity (Wildman–Crippen MR) is 74.6 cm³/mol. The zero-order valence-corrected chi connectivity index (χ0v) is 11.7. The molecule has 7 nitrogen and oxygen atoms in total. The van der Waals surface area contributed by atoms with Gasteiger partial charge in [-0.25, -0.2) is 13.6 Å². The number of amides is 2. The Morgan fingerprint density at radius 1 is 1.40 bits per heavy atom. The molecule has 8 heteroatoms. The average molecular weight is 297 g/mol. The van der Waals surface area contributed by atoms with E-state index in [0.717, 1.165) is 0 Å². The van der Waals surface area contributed by atoms with Gasteiger partial charge in [0.25, 0.3) is 0 Å². The highest BCUT2D eigenvalue weighted by atomic mass is 32.2. The van der Waals surface area contributed by atoms with E-state index < -0.39 is 15.3 Å². The quantitative estimate of drug-likeness (QED) is 0.820. The molecule has 2 amide bonds. The zero-order chi connectivity index (χ0) is 14.9. The largest absolute Gasteiger partial charge is 0.325 e. The fraction of sp³-hybridized carbons (Fsp3) is 0.333. The molecular weight excluding hydrogens is 282 g/mol. The van der Waals surface area contributed by atoms with Gasteiger partial charge in [0.1, 0.15) is 5.25 Å². The molecule has 0 spiro atoms. The van der Waals surface area contributed by atoms with Crippen LogP contribution in [0.3, 0.4) is 0 Å². The van der Waals surface area contributed by atoms with E-state index >= 15 is 0 Å². The number of para-hydroxylation sites is 2. The maximum atomic E-state index is 12.0. The fourth-order valence-electron chi connectivity index (χ4n) is 2.13. The molecule has 0 bridgehead atoms. The standard InChI is InChI=1S/C12H15N3O4S/c1-8(16)14-10-4-2-3-5-11(10)15-7-9(6-12(15)17)20(13,18)19/h2-5,9H,6-7H2,1H3,(H,14,16)(H2,13,18,19). The minimum atomic E-state index is -3.76. The number of primary sulfonamides is 1. The summed E-state index contributed by atoms with van der Waals surface area (Å²) in [5.74, 6) is -0.603. The van der Waals surface area contributed by atoms with Gasteiger partial charge in [-0.1, -0.05) is 12.1 Å². The molecule has 1 heterocycles. The molecule has 0 radical (unpaired) electrons. The summed E-state index contributed by atoms with van der Waals surface area (Å²) in [5.41, 5.74) is 0.933. The van der Waals surface area contributed by atoms with E-state index in [9.17, 15) is 18.0 Å². The Kier molecular flexibility index (Phi) is 3.78. The Labute approximate surface area is 116 Å². The molecule has 20 heavy (non-hydrogen) atoms. The van der Waals surface area contributed by atoms with Gasteiger partial charge in [0.2, 0.25) is 21.8 Å².